The Hall–Kier alpha value is -1.94. The van der Waals surface area contributed by atoms with E-state index < -0.39 is 0 Å². The van der Waals surface area contributed by atoms with Gasteiger partial charge < -0.3 is 19.2 Å². The summed E-state index contributed by atoms with van der Waals surface area (Å²) in [5.74, 6) is 2.48. The predicted octanol–water partition coefficient (Wildman–Crippen LogP) is 3.54. The van der Waals surface area contributed by atoms with Gasteiger partial charge >= 0.3 is 0 Å². The fourth-order valence-electron chi connectivity index (χ4n) is 2.10. The number of methoxy groups -OCH3 is 1. The molecular weight excluding hydrogens is 254 g/mol. The topological polar surface area (TPSA) is 43.6 Å². The van der Waals surface area contributed by atoms with E-state index in [1.165, 1.54) is 0 Å². The number of furan rings is 1. The number of benzene rings is 1. The van der Waals surface area contributed by atoms with Gasteiger partial charge in [-0.2, -0.15) is 0 Å². The summed E-state index contributed by atoms with van der Waals surface area (Å²) in [6.45, 7) is 5.34. The molecule has 1 heterocycles. The molecule has 0 unspecified atom stereocenters. The van der Waals surface area contributed by atoms with E-state index in [1.54, 1.807) is 13.4 Å². The van der Waals surface area contributed by atoms with Gasteiger partial charge in [0.25, 0.3) is 0 Å². The van der Waals surface area contributed by atoms with Crippen LogP contribution in [0.4, 0.5) is 0 Å². The minimum Gasteiger partial charge on any atom is -0.493 e. The Morgan fingerprint density at radius 1 is 1.25 bits per heavy atom. The van der Waals surface area contributed by atoms with Gasteiger partial charge in [0, 0.05) is 12.1 Å². The summed E-state index contributed by atoms with van der Waals surface area (Å²) in [7, 11) is 1.66. The molecule has 0 aliphatic rings. The number of ether oxygens (including phenoxy) is 2. The van der Waals surface area contributed by atoms with Crippen LogP contribution in [0.2, 0.25) is 0 Å². The standard InChI is InChI=1S/C16H21NO3/c1-4-19-15-8-5-7-13(16(15)18-3)11-17-12(2)14-9-6-10-20-14/h5-10,12,17H,4,11H2,1-3H3/t12-/m1/s1. The highest BCUT2D eigenvalue weighted by Gasteiger charge is 2.12. The SMILES string of the molecule is CCOc1cccc(CN[C@H](C)c2ccco2)c1OC. The van der Waals surface area contributed by atoms with Gasteiger partial charge in [-0.25, -0.2) is 0 Å². The third kappa shape index (κ3) is 3.33. The first-order chi connectivity index (χ1) is 9.76. The van der Waals surface area contributed by atoms with Crippen molar-refractivity contribution in [2.75, 3.05) is 13.7 Å². The first kappa shape index (κ1) is 14.5. The van der Waals surface area contributed by atoms with Crippen LogP contribution in [0.5, 0.6) is 11.5 Å². The Morgan fingerprint density at radius 2 is 2.10 bits per heavy atom. The Morgan fingerprint density at radius 3 is 2.75 bits per heavy atom. The van der Waals surface area contributed by atoms with Gasteiger partial charge in [0.2, 0.25) is 0 Å². The van der Waals surface area contributed by atoms with Crippen molar-refractivity contribution < 1.29 is 13.9 Å². The van der Waals surface area contributed by atoms with Crippen LogP contribution in [0.25, 0.3) is 0 Å². The number of nitrogens with one attached hydrogen (secondary N) is 1. The van der Waals surface area contributed by atoms with Gasteiger partial charge in [0.05, 0.1) is 26.0 Å². The van der Waals surface area contributed by atoms with E-state index in [0.29, 0.717) is 13.2 Å². The molecule has 4 nitrogen and oxygen atoms in total. The highest BCUT2D eigenvalue weighted by Crippen LogP contribution is 2.31. The predicted molar refractivity (Wildman–Crippen MR) is 78.1 cm³/mol. The summed E-state index contributed by atoms with van der Waals surface area (Å²) in [5.41, 5.74) is 1.07. The van der Waals surface area contributed by atoms with Crippen LogP contribution in [0.1, 0.15) is 31.2 Å². The first-order valence-electron chi connectivity index (χ1n) is 6.81. The molecule has 0 radical (unpaired) electrons. The molecule has 0 fully saturated rings. The van der Waals surface area contributed by atoms with Crippen LogP contribution in [0.15, 0.2) is 41.0 Å². The normalized spacial score (nSPS) is 12.2. The van der Waals surface area contributed by atoms with E-state index in [-0.39, 0.29) is 6.04 Å². The number of para-hydroxylation sites is 1. The molecule has 0 saturated heterocycles. The quantitative estimate of drug-likeness (QED) is 0.839. The summed E-state index contributed by atoms with van der Waals surface area (Å²) in [5, 5.41) is 3.42. The average molecular weight is 275 g/mol. The molecule has 1 aromatic carbocycles. The summed E-state index contributed by atoms with van der Waals surface area (Å²) in [6, 6.07) is 9.92. The van der Waals surface area contributed by atoms with Crippen molar-refractivity contribution >= 4 is 0 Å². The summed E-state index contributed by atoms with van der Waals surface area (Å²) < 4.78 is 16.4. The van der Waals surface area contributed by atoms with E-state index in [9.17, 15) is 0 Å². The van der Waals surface area contributed by atoms with Gasteiger partial charge in [-0.15, -0.1) is 0 Å². The van der Waals surface area contributed by atoms with Crippen molar-refractivity contribution in [2.24, 2.45) is 0 Å². The number of rotatable bonds is 7. The lowest BCUT2D eigenvalue weighted by molar-refractivity contribution is 0.308. The average Bonchev–Trinajstić information content (AvgIpc) is 2.99. The van der Waals surface area contributed by atoms with Gasteiger partial charge in [0.1, 0.15) is 5.76 Å². The molecule has 0 aliphatic heterocycles. The Labute approximate surface area is 119 Å². The summed E-state index contributed by atoms with van der Waals surface area (Å²) in [4.78, 5) is 0. The lowest BCUT2D eigenvalue weighted by Crippen LogP contribution is -2.18. The molecule has 0 spiro atoms. The highest BCUT2D eigenvalue weighted by atomic mass is 16.5. The molecule has 0 saturated carbocycles. The van der Waals surface area contributed by atoms with Crippen LogP contribution in [-0.4, -0.2) is 13.7 Å². The Kier molecular flexibility index (Phi) is 5.07. The zero-order chi connectivity index (χ0) is 14.4. The van der Waals surface area contributed by atoms with Crippen LogP contribution in [-0.2, 0) is 6.54 Å². The lowest BCUT2D eigenvalue weighted by Gasteiger charge is -2.16. The van der Waals surface area contributed by atoms with E-state index in [0.717, 1.165) is 22.8 Å². The molecule has 0 amide bonds. The smallest absolute Gasteiger partial charge is 0.165 e. The van der Waals surface area contributed by atoms with E-state index in [1.807, 2.05) is 37.3 Å². The van der Waals surface area contributed by atoms with Crippen molar-refractivity contribution in [1.29, 1.82) is 0 Å². The molecule has 2 rings (SSSR count). The monoisotopic (exact) mass is 275 g/mol. The zero-order valence-electron chi connectivity index (χ0n) is 12.2. The van der Waals surface area contributed by atoms with Gasteiger partial charge in [-0.05, 0) is 32.0 Å². The first-order valence-corrected chi connectivity index (χ1v) is 6.81. The molecule has 1 atom stereocenters. The molecule has 2 aromatic rings. The molecule has 0 aliphatic carbocycles. The molecular formula is C16H21NO3. The molecule has 0 bridgehead atoms. The van der Waals surface area contributed by atoms with Crippen LogP contribution < -0.4 is 14.8 Å². The number of hydrogen-bond donors (Lipinski definition) is 1. The van der Waals surface area contributed by atoms with Crippen molar-refractivity contribution in [3.05, 3.63) is 47.9 Å². The largest absolute Gasteiger partial charge is 0.493 e. The van der Waals surface area contributed by atoms with Gasteiger partial charge in [-0.1, -0.05) is 12.1 Å². The fraction of sp³-hybridized carbons (Fsp3) is 0.375. The lowest BCUT2D eigenvalue weighted by atomic mass is 10.1. The van der Waals surface area contributed by atoms with Gasteiger partial charge in [0.15, 0.2) is 11.5 Å². The summed E-state index contributed by atoms with van der Waals surface area (Å²) in [6.07, 6.45) is 1.68. The second-order valence-corrected chi connectivity index (χ2v) is 4.50. The molecule has 1 aromatic heterocycles. The second kappa shape index (κ2) is 7.01. The fourth-order valence-corrected chi connectivity index (χ4v) is 2.10. The molecule has 108 valence electrons. The maximum atomic E-state index is 5.58. The Bertz CT molecular complexity index is 523. The number of hydrogen-bond acceptors (Lipinski definition) is 4. The second-order valence-electron chi connectivity index (χ2n) is 4.50. The van der Waals surface area contributed by atoms with Crippen LogP contribution in [0, 0.1) is 0 Å². The summed E-state index contributed by atoms with van der Waals surface area (Å²) >= 11 is 0. The van der Waals surface area contributed by atoms with Crippen LogP contribution in [0.3, 0.4) is 0 Å². The minimum atomic E-state index is 0.144. The minimum absolute atomic E-state index is 0.144. The Balaban J connectivity index is 2.07. The molecule has 1 N–H and O–H groups in total. The van der Waals surface area contributed by atoms with Crippen molar-refractivity contribution in [3.8, 4) is 11.5 Å². The van der Waals surface area contributed by atoms with Crippen molar-refractivity contribution in [2.45, 2.75) is 26.4 Å². The highest BCUT2D eigenvalue weighted by molar-refractivity contribution is 5.46. The maximum absolute atomic E-state index is 5.58. The van der Waals surface area contributed by atoms with E-state index in [4.69, 9.17) is 13.9 Å². The van der Waals surface area contributed by atoms with E-state index in [2.05, 4.69) is 12.2 Å². The van der Waals surface area contributed by atoms with Crippen LogP contribution >= 0.6 is 0 Å². The van der Waals surface area contributed by atoms with E-state index >= 15 is 0 Å². The van der Waals surface area contributed by atoms with Crippen molar-refractivity contribution in [1.82, 2.24) is 5.32 Å². The molecule has 4 heteroatoms. The van der Waals surface area contributed by atoms with Crippen molar-refractivity contribution in [3.63, 3.8) is 0 Å². The van der Waals surface area contributed by atoms with Gasteiger partial charge in [-0.3, -0.25) is 0 Å². The third-order valence-corrected chi connectivity index (χ3v) is 3.13. The molecule has 20 heavy (non-hydrogen) atoms. The zero-order valence-corrected chi connectivity index (χ0v) is 12.2. The maximum Gasteiger partial charge on any atom is 0.165 e. The third-order valence-electron chi connectivity index (χ3n) is 3.13.